The Labute approximate surface area is 90.9 Å². The zero-order chi connectivity index (χ0) is 9.80. The van der Waals surface area contributed by atoms with Crippen LogP contribution in [0.15, 0.2) is 12.2 Å². The summed E-state index contributed by atoms with van der Waals surface area (Å²) in [6.45, 7) is 3.78. The Hall–Kier alpha value is 0.01000. The van der Waals surface area contributed by atoms with Gasteiger partial charge in [-0.2, -0.15) is 11.8 Å². The van der Waals surface area contributed by atoms with Gasteiger partial charge < -0.3 is 10.6 Å². The summed E-state index contributed by atoms with van der Waals surface area (Å²) in [6, 6.07) is 0.321. The maximum Gasteiger partial charge on any atom is 0.0229 e. The molecular weight excluding hydrogens is 192 g/mol. The fourth-order valence-electron chi connectivity index (χ4n) is 2.25. The third-order valence-electron chi connectivity index (χ3n) is 3.01. The van der Waals surface area contributed by atoms with E-state index in [1.54, 1.807) is 0 Å². The molecule has 2 N–H and O–H groups in total. The van der Waals surface area contributed by atoms with Crippen LogP contribution in [0.2, 0.25) is 0 Å². The van der Waals surface area contributed by atoms with E-state index < -0.39 is 0 Å². The number of nitrogens with two attached hydrogens (primary N) is 1. The molecule has 3 heteroatoms. The molecule has 0 radical (unpaired) electrons. The summed E-state index contributed by atoms with van der Waals surface area (Å²) < 4.78 is 0. The Morgan fingerprint density at radius 1 is 1.29 bits per heavy atom. The second-order valence-corrected chi connectivity index (χ2v) is 5.54. The first-order valence-electron chi connectivity index (χ1n) is 5.58. The lowest BCUT2D eigenvalue weighted by atomic mass is 10.1. The molecule has 2 aliphatic rings. The molecule has 1 aliphatic heterocycles. The van der Waals surface area contributed by atoms with Crippen LogP contribution in [0.5, 0.6) is 0 Å². The van der Waals surface area contributed by atoms with Crippen molar-refractivity contribution in [3.63, 3.8) is 0 Å². The number of rotatable bonds is 2. The van der Waals surface area contributed by atoms with Gasteiger partial charge in [0.15, 0.2) is 0 Å². The van der Waals surface area contributed by atoms with Crippen LogP contribution < -0.4 is 5.73 Å². The first kappa shape index (κ1) is 10.5. The Bertz CT molecular complexity index is 197. The topological polar surface area (TPSA) is 29.3 Å². The third kappa shape index (κ3) is 3.01. The van der Waals surface area contributed by atoms with Crippen molar-refractivity contribution in [2.75, 3.05) is 31.1 Å². The highest BCUT2D eigenvalue weighted by Gasteiger charge is 2.19. The molecule has 0 saturated carbocycles. The number of thioether (sulfide) groups is 1. The van der Waals surface area contributed by atoms with Gasteiger partial charge in [0.2, 0.25) is 0 Å². The van der Waals surface area contributed by atoms with Crippen molar-refractivity contribution in [3.8, 4) is 0 Å². The summed E-state index contributed by atoms with van der Waals surface area (Å²) in [5.41, 5.74) is 5.85. The monoisotopic (exact) mass is 212 g/mol. The Kier molecular flexibility index (Phi) is 3.90. The highest BCUT2D eigenvalue weighted by molar-refractivity contribution is 7.99. The minimum Gasteiger partial charge on any atom is -0.324 e. The fourth-order valence-corrected chi connectivity index (χ4v) is 3.18. The zero-order valence-corrected chi connectivity index (χ0v) is 9.51. The van der Waals surface area contributed by atoms with Crippen LogP contribution >= 0.6 is 11.8 Å². The standard InChI is InChI=1S/C11H20N2S/c12-11-3-2-10(8-11)9-13-4-1-6-14-7-5-13/h2-3,10-11H,1,4-9,12H2. The Morgan fingerprint density at radius 3 is 3.00 bits per heavy atom. The molecule has 2 rings (SSSR count). The van der Waals surface area contributed by atoms with E-state index in [1.165, 1.54) is 37.6 Å². The van der Waals surface area contributed by atoms with Crippen molar-refractivity contribution in [2.45, 2.75) is 18.9 Å². The summed E-state index contributed by atoms with van der Waals surface area (Å²) >= 11 is 2.09. The molecule has 80 valence electrons. The predicted octanol–water partition coefficient (Wildman–Crippen LogP) is 1.33. The first-order valence-corrected chi connectivity index (χ1v) is 6.74. The van der Waals surface area contributed by atoms with E-state index in [1.807, 2.05) is 0 Å². The van der Waals surface area contributed by atoms with E-state index in [4.69, 9.17) is 5.73 Å². The van der Waals surface area contributed by atoms with Crippen molar-refractivity contribution < 1.29 is 0 Å². The summed E-state index contributed by atoms with van der Waals surface area (Å²) in [7, 11) is 0. The van der Waals surface area contributed by atoms with Gasteiger partial charge in [-0.25, -0.2) is 0 Å². The number of nitrogens with zero attached hydrogens (tertiary/aromatic N) is 1. The summed E-state index contributed by atoms with van der Waals surface area (Å²) in [4.78, 5) is 2.60. The average Bonchev–Trinajstić information content (AvgIpc) is 2.43. The highest BCUT2D eigenvalue weighted by Crippen LogP contribution is 2.19. The van der Waals surface area contributed by atoms with Gasteiger partial charge in [-0.05, 0) is 31.1 Å². The van der Waals surface area contributed by atoms with Gasteiger partial charge in [0, 0.05) is 24.9 Å². The van der Waals surface area contributed by atoms with E-state index >= 15 is 0 Å². The molecule has 1 aliphatic carbocycles. The van der Waals surface area contributed by atoms with Crippen LogP contribution in [0.1, 0.15) is 12.8 Å². The molecule has 2 atom stereocenters. The van der Waals surface area contributed by atoms with Crippen molar-refractivity contribution in [1.29, 1.82) is 0 Å². The van der Waals surface area contributed by atoms with Gasteiger partial charge in [-0.3, -0.25) is 0 Å². The smallest absolute Gasteiger partial charge is 0.0229 e. The normalized spacial score (nSPS) is 34.6. The molecule has 1 saturated heterocycles. The molecule has 0 bridgehead atoms. The van der Waals surface area contributed by atoms with Crippen LogP contribution in [-0.4, -0.2) is 42.1 Å². The molecule has 2 nitrogen and oxygen atoms in total. The van der Waals surface area contributed by atoms with Gasteiger partial charge >= 0.3 is 0 Å². The van der Waals surface area contributed by atoms with E-state index in [0.29, 0.717) is 12.0 Å². The molecule has 1 heterocycles. The van der Waals surface area contributed by atoms with Crippen LogP contribution in [-0.2, 0) is 0 Å². The van der Waals surface area contributed by atoms with E-state index in [-0.39, 0.29) is 0 Å². The largest absolute Gasteiger partial charge is 0.324 e. The minimum atomic E-state index is 0.321. The SMILES string of the molecule is NC1C=CC(CN2CCCSCC2)C1. The summed E-state index contributed by atoms with van der Waals surface area (Å²) in [6.07, 6.45) is 6.98. The zero-order valence-electron chi connectivity index (χ0n) is 8.69. The maximum absolute atomic E-state index is 5.85. The fraction of sp³-hybridized carbons (Fsp3) is 0.818. The number of hydrogen-bond acceptors (Lipinski definition) is 3. The lowest BCUT2D eigenvalue weighted by molar-refractivity contribution is 0.263. The van der Waals surface area contributed by atoms with Gasteiger partial charge in [-0.15, -0.1) is 0 Å². The Balaban J connectivity index is 1.76. The molecule has 0 aromatic rings. The van der Waals surface area contributed by atoms with Gasteiger partial charge in [0.25, 0.3) is 0 Å². The first-order chi connectivity index (χ1) is 6.84. The Morgan fingerprint density at radius 2 is 2.21 bits per heavy atom. The minimum absolute atomic E-state index is 0.321. The molecule has 0 aromatic carbocycles. The maximum atomic E-state index is 5.85. The molecular formula is C11H20N2S. The summed E-state index contributed by atoms with van der Waals surface area (Å²) in [5.74, 6) is 3.37. The predicted molar refractivity (Wildman–Crippen MR) is 63.6 cm³/mol. The van der Waals surface area contributed by atoms with Gasteiger partial charge in [-0.1, -0.05) is 12.2 Å². The van der Waals surface area contributed by atoms with E-state index in [2.05, 4.69) is 28.8 Å². The second-order valence-electron chi connectivity index (χ2n) is 4.31. The highest BCUT2D eigenvalue weighted by atomic mass is 32.2. The number of hydrogen-bond donors (Lipinski definition) is 1. The molecule has 14 heavy (non-hydrogen) atoms. The van der Waals surface area contributed by atoms with Crippen LogP contribution in [0.3, 0.4) is 0 Å². The van der Waals surface area contributed by atoms with Crippen LogP contribution in [0.4, 0.5) is 0 Å². The molecule has 1 fully saturated rings. The van der Waals surface area contributed by atoms with Crippen molar-refractivity contribution in [3.05, 3.63) is 12.2 Å². The lowest BCUT2D eigenvalue weighted by Gasteiger charge is -2.22. The average molecular weight is 212 g/mol. The van der Waals surface area contributed by atoms with Crippen LogP contribution in [0, 0.1) is 5.92 Å². The van der Waals surface area contributed by atoms with Crippen molar-refractivity contribution in [2.24, 2.45) is 11.7 Å². The van der Waals surface area contributed by atoms with Gasteiger partial charge in [0.05, 0.1) is 0 Å². The molecule has 0 amide bonds. The van der Waals surface area contributed by atoms with E-state index in [9.17, 15) is 0 Å². The molecule has 2 unspecified atom stereocenters. The van der Waals surface area contributed by atoms with Gasteiger partial charge in [0.1, 0.15) is 0 Å². The second kappa shape index (κ2) is 5.19. The lowest BCUT2D eigenvalue weighted by Crippen LogP contribution is -2.31. The van der Waals surface area contributed by atoms with Crippen molar-refractivity contribution >= 4 is 11.8 Å². The molecule has 0 spiro atoms. The van der Waals surface area contributed by atoms with Crippen LogP contribution in [0.25, 0.3) is 0 Å². The molecule has 0 aromatic heterocycles. The van der Waals surface area contributed by atoms with E-state index in [0.717, 1.165) is 6.42 Å². The van der Waals surface area contributed by atoms with Crippen molar-refractivity contribution in [1.82, 2.24) is 4.90 Å². The quantitative estimate of drug-likeness (QED) is 0.700. The summed E-state index contributed by atoms with van der Waals surface area (Å²) in [5, 5.41) is 0. The third-order valence-corrected chi connectivity index (χ3v) is 4.06.